The van der Waals surface area contributed by atoms with Crippen LogP contribution in [0.15, 0.2) is 146 Å². The summed E-state index contributed by atoms with van der Waals surface area (Å²) in [6, 6.07) is 52.8. The van der Waals surface area contributed by atoms with Crippen molar-refractivity contribution in [1.29, 1.82) is 0 Å². The van der Waals surface area contributed by atoms with Crippen LogP contribution in [0.1, 0.15) is 60.2 Å². The van der Waals surface area contributed by atoms with Gasteiger partial charge in [0.15, 0.2) is 0 Å². The topological polar surface area (TPSA) is 41.0 Å². The van der Waals surface area contributed by atoms with Gasteiger partial charge in [-0.05, 0) is 63.2 Å². The first-order valence-electron chi connectivity index (χ1n) is 16.2. The van der Waals surface area contributed by atoms with Crippen molar-refractivity contribution >= 4 is 21.8 Å². The number of nitrogens with zero attached hydrogens (tertiary/aromatic N) is 1. The number of nitrogens with one attached hydrogen (secondary N) is 3. The molecule has 9 rings (SSSR count). The second-order valence-electron chi connectivity index (χ2n) is 13.1. The predicted molar refractivity (Wildman–Crippen MR) is 189 cm³/mol. The van der Waals surface area contributed by atoms with Crippen LogP contribution in [-0.4, -0.2) is 4.57 Å². The zero-order valence-corrected chi connectivity index (χ0v) is 26.0. The normalized spacial score (nSPS) is 20.1. The van der Waals surface area contributed by atoms with E-state index in [-0.39, 0.29) is 23.9 Å². The monoisotopic (exact) mass is 596 g/mol. The van der Waals surface area contributed by atoms with Crippen LogP contribution in [0.4, 0.5) is 0 Å². The first-order chi connectivity index (χ1) is 22.6. The van der Waals surface area contributed by atoms with Crippen LogP contribution in [-0.2, 0) is 5.41 Å². The number of aromatic nitrogens is 1. The van der Waals surface area contributed by atoms with Gasteiger partial charge in [-0.2, -0.15) is 0 Å². The maximum Gasteiger partial charge on any atom is 0.0864 e. The Morgan fingerprint density at radius 3 is 1.67 bits per heavy atom. The number of benzene rings is 6. The van der Waals surface area contributed by atoms with Crippen molar-refractivity contribution in [2.24, 2.45) is 0 Å². The zero-order valence-electron chi connectivity index (χ0n) is 26.0. The Labute approximate surface area is 269 Å². The number of fused-ring (bicyclic) bond motifs is 7. The van der Waals surface area contributed by atoms with Crippen LogP contribution < -0.4 is 16.0 Å². The molecule has 46 heavy (non-hydrogen) atoms. The van der Waals surface area contributed by atoms with Crippen LogP contribution in [0.25, 0.3) is 38.6 Å². The minimum Gasteiger partial charge on any atom is -0.309 e. The molecule has 0 spiro atoms. The molecular formula is C42H36N4. The van der Waals surface area contributed by atoms with Crippen LogP contribution >= 0.6 is 0 Å². The van der Waals surface area contributed by atoms with Gasteiger partial charge >= 0.3 is 0 Å². The molecule has 0 saturated carbocycles. The third kappa shape index (κ3) is 4.19. The summed E-state index contributed by atoms with van der Waals surface area (Å²) in [7, 11) is 0. The van der Waals surface area contributed by atoms with E-state index < -0.39 is 0 Å². The third-order valence-electron chi connectivity index (χ3n) is 10.1. The molecule has 4 nitrogen and oxygen atoms in total. The summed E-state index contributed by atoms with van der Waals surface area (Å²) < 4.78 is 2.44. The Kier molecular flexibility index (Phi) is 6.26. The minimum absolute atomic E-state index is 0.00360. The van der Waals surface area contributed by atoms with Gasteiger partial charge in [0, 0.05) is 21.9 Å². The molecule has 1 aromatic heterocycles. The minimum atomic E-state index is -0.0362. The first kappa shape index (κ1) is 27.3. The lowest BCUT2D eigenvalue weighted by atomic mass is 9.82. The van der Waals surface area contributed by atoms with E-state index >= 15 is 0 Å². The predicted octanol–water partition coefficient (Wildman–Crippen LogP) is 9.27. The van der Waals surface area contributed by atoms with E-state index in [0.717, 1.165) is 5.69 Å². The van der Waals surface area contributed by atoms with Crippen molar-refractivity contribution in [2.45, 2.75) is 37.8 Å². The molecule has 1 aliphatic heterocycles. The van der Waals surface area contributed by atoms with Gasteiger partial charge in [-0.25, -0.2) is 0 Å². The van der Waals surface area contributed by atoms with Crippen molar-refractivity contribution in [3.8, 4) is 16.8 Å². The molecule has 0 bridgehead atoms. The maximum absolute atomic E-state index is 3.82. The highest BCUT2D eigenvalue weighted by Crippen LogP contribution is 2.53. The summed E-state index contributed by atoms with van der Waals surface area (Å²) in [5.74, 6) is 0. The Morgan fingerprint density at radius 2 is 1.02 bits per heavy atom. The van der Waals surface area contributed by atoms with Crippen molar-refractivity contribution in [3.05, 3.63) is 173 Å². The number of rotatable bonds is 4. The maximum atomic E-state index is 3.82. The highest BCUT2D eigenvalue weighted by atomic mass is 15.4. The molecule has 3 N–H and O–H groups in total. The smallest absolute Gasteiger partial charge is 0.0864 e. The molecular weight excluding hydrogens is 560 g/mol. The van der Waals surface area contributed by atoms with Gasteiger partial charge in [-0.15, -0.1) is 0 Å². The number of hydrogen-bond acceptors (Lipinski definition) is 3. The van der Waals surface area contributed by atoms with Crippen LogP contribution in [0.3, 0.4) is 0 Å². The lowest BCUT2D eigenvalue weighted by Crippen LogP contribution is -2.54. The van der Waals surface area contributed by atoms with Crippen molar-refractivity contribution < 1.29 is 0 Å². The fraction of sp³-hybridized carbons (Fsp3) is 0.143. The van der Waals surface area contributed by atoms with E-state index in [1.165, 1.54) is 60.8 Å². The van der Waals surface area contributed by atoms with Gasteiger partial charge < -0.3 is 4.57 Å². The van der Waals surface area contributed by atoms with Crippen molar-refractivity contribution in [2.75, 3.05) is 0 Å². The molecule has 1 aliphatic carbocycles. The molecule has 2 heterocycles. The lowest BCUT2D eigenvalue weighted by Gasteiger charge is -2.39. The van der Waals surface area contributed by atoms with Gasteiger partial charge in [-0.3, -0.25) is 16.0 Å². The molecule has 7 aromatic rings. The van der Waals surface area contributed by atoms with E-state index in [4.69, 9.17) is 0 Å². The molecule has 6 aromatic carbocycles. The molecule has 0 amide bonds. The number of para-hydroxylation sites is 1. The summed E-state index contributed by atoms with van der Waals surface area (Å²) in [6.07, 6.45) is -0.0290. The molecule has 1 fully saturated rings. The van der Waals surface area contributed by atoms with Crippen molar-refractivity contribution in [3.63, 3.8) is 0 Å². The Morgan fingerprint density at radius 1 is 0.478 bits per heavy atom. The third-order valence-corrected chi connectivity index (χ3v) is 10.1. The Hall–Kier alpha value is -5.00. The van der Waals surface area contributed by atoms with Gasteiger partial charge in [0.25, 0.3) is 0 Å². The quantitative estimate of drug-likeness (QED) is 0.190. The second kappa shape index (κ2) is 10.5. The Bertz CT molecular complexity index is 2170. The summed E-state index contributed by atoms with van der Waals surface area (Å²) >= 11 is 0. The molecule has 4 heteroatoms. The lowest BCUT2D eigenvalue weighted by molar-refractivity contribution is 0.203. The Balaban J connectivity index is 1.14. The average Bonchev–Trinajstić information content (AvgIpc) is 3.58. The van der Waals surface area contributed by atoms with E-state index in [1.807, 2.05) is 0 Å². The second-order valence-corrected chi connectivity index (χ2v) is 13.1. The van der Waals surface area contributed by atoms with E-state index in [0.29, 0.717) is 0 Å². The molecule has 0 radical (unpaired) electrons. The SMILES string of the molecule is CC1(C)c2ccccc2-c2c1ccc1c2c2ccccc2n1-c1ccc(C2NC(c3ccccc3)NC(c3ccccc3)N2)cc1. The largest absolute Gasteiger partial charge is 0.309 e. The molecule has 2 unspecified atom stereocenters. The van der Waals surface area contributed by atoms with Gasteiger partial charge in [0.2, 0.25) is 0 Å². The molecule has 2 aliphatic rings. The van der Waals surface area contributed by atoms with Gasteiger partial charge in [0.05, 0.1) is 29.5 Å². The van der Waals surface area contributed by atoms with E-state index in [9.17, 15) is 0 Å². The highest BCUT2D eigenvalue weighted by Gasteiger charge is 2.37. The average molecular weight is 597 g/mol. The standard InChI is InChI=1S/C42H36N4/c1-42(2)33-19-11-9-17-31(33)37-34(42)25-26-36-38(37)32-18-10-12-20-35(32)46(36)30-23-21-29(22-24-30)41-44-39(27-13-5-3-6-14-27)43-40(45-41)28-15-7-4-8-16-28/h3-26,39-41,43-45H,1-2H3. The summed E-state index contributed by atoms with van der Waals surface area (Å²) in [5, 5.41) is 14.0. The summed E-state index contributed by atoms with van der Waals surface area (Å²) in [4.78, 5) is 0. The zero-order chi connectivity index (χ0) is 30.8. The van der Waals surface area contributed by atoms with Gasteiger partial charge in [0.1, 0.15) is 0 Å². The summed E-state index contributed by atoms with van der Waals surface area (Å²) in [5.41, 5.74) is 12.8. The highest BCUT2D eigenvalue weighted by molar-refractivity contribution is 6.17. The number of hydrogen-bond donors (Lipinski definition) is 3. The van der Waals surface area contributed by atoms with E-state index in [2.05, 4.69) is 180 Å². The fourth-order valence-electron chi connectivity index (χ4n) is 7.86. The first-order valence-corrected chi connectivity index (χ1v) is 16.2. The molecule has 1 saturated heterocycles. The van der Waals surface area contributed by atoms with Crippen LogP contribution in [0.2, 0.25) is 0 Å². The fourth-order valence-corrected chi connectivity index (χ4v) is 7.86. The van der Waals surface area contributed by atoms with Crippen LogP contribution in [0, 0.1) is 0 Å². The summed E-state index contributed by atoms with van der Waals surface area (Å²) in [6.45, 7) is 4.71. The van der Waals surface area contributed by atoms with E-state index in [1.54, 1.807) is 0 Å². The molecule has 224 valence electrons. The van der Waals surface area contributed by atoms with Crippen LogP contribution in [0.5, 0.6) is 0 Å². The van der Waals surface area contributed by atoms with Crippen molar-refractivity contribution in [1.82, 2.24) is 20.5 Å². The molecule has 2 atom stereocenters. The van der Waals surface area contributed by atoms with Gasteiger partial charge in [-0.1, -0.05) is 135 Å².